The maximum atomic E-state index is 13.4. The van der Waals surface area contributed by atoms with Gasteiger partial charge in [-0.3, -0.25) is 0 Å². The van der Waals surface area contributed by atoms with Crippen molar-refractivity contribution in [3.05, 3.63) is 54.4 Å². The van der Waals surface area contributed by atoms with Crippen molar-refractivity contribution < 1.29 is 18.3 Å². The molecule has 8 heteroatoms. The summed E-state index contributed by atoms with van der Waals surface area (Å²) in [6.45, 7) is 4.82. The highest BCUT2D eigenvalue weighted by atomic mass is 19.2. The summed E-state index contributed by atoms with van der Waals surface area (Å²) in [4.78, 5) is 4.15. The Bertz CT molecular complexity index is 899. The summed E-state index contributed by atoms with van der Waals surface area (Å²) in [6, 6.07) is 8.90. The zero-order valence-corrected chi connectivity index (χ0v) is 14.4. The van der Waals surface area contributed by atoms with Crippen LogP contribution in [0.4, 0.5) is 20.4 Å². The molecule has 0 aliphatic carbocycles. The van der Waals surface area contributed by atoms with Gasteiger partial charge < -0.3 is 14.8 Å². The van der Waals surface area contributed by atoms with E-state index >= 15 is 0 Å². The SMILES string of the molecule is CCOc1ccc(OCC)c(Nc2ncn(-c3ccc(F)c(F)c3)n2)c1. The number of benzene rings is 2. The largest absolute Gasteiger partial charge is 0.494 e. The van der Waals surface area contributed by atoms with Crippen molar-refractivity contribution in [3.8, 4) is 17.2 Å². The van der Waals surface area contributed by atoms with Gasteiger partial charge in [0.2, 0.25) is 5.95 Å². The van der Waals surface area contributed by atoms with Crippen LogP contribution in [0.5, 0.6) is 11.5 Å². The highest BCUT2D eigenvalue weighted by Crippen LogP contribution is 2.31. The summed E-state index contributed by atoms with van der Waals surface area (Å²) < 4.78 is 38.9. The molecular formula is C18H18F2N4O2. The number of rotatable bonds is 7. The third-order valence-electron chi connectivity index (χ3n) is 3.47. The van der Waals surface area contributed by atoms with Crippen molar-refractivity contribution in [1.82, 2.24) is 14.8 Å². The Morgan fingerprint density at radius 1 is 1.00 bits per heavy atom. The van der Waals surface area contributed by atoms with E-state index < -0.39 is 11.6 Å². The van der Waals surface area contributed by atoms with Crippen LogP contribution in [0.2, 0.25) is 0 Å². The quantitative estimate of drug-likeness (QED) is 0.688. The maximum Gasteiger partial charge on any atom is 0.247 e. The molecule has 0 saturated heterocycles. The van der Waals surface area contributed by atoms with E-state index in [4.69, 9.17) is 9.47 Å². The van der Waals surface area contributed by atoms with Crippen molar-refractivity contribution in [2.24, 2.45) is 0 Å². The second-order valence-electron chi connectivity index (χ2n) is 5.26. The normalized spacial score (nSPS) is 10.6. The van der Waals surface area contributed by atoms with Crippen LogP contribution in [-0.2, 0) is 0 Å². The van der Waals surface area contributed by atoms with Gasteiger partial charge in [-0.25, -0.2) is 13.5 Å². The number of nitrogens with zero attached hydrogens (tertiary/aromatic N) is 3. The topological polar surface area (TPSA) is 61.2 Å². The lowest BCUT2D eigenvalue weighted by Crippen LogP contribution is -2.01. The van der Waals surface area contributed by atoms with Gasteiger partial charge in [-0.2, -0.15) is 4.98 Å². The van der Waals surface area contributed by atoms with Gasteiger partial charge in [-0.1, -0.05) is 0 Å². The fraction of sp³-hybridized carbons (Fsp3) is 0.222. The molecular weight excluding hydrogens is 342 g/mol. The van der Waals surface area contributed by atoms with Crippen LogP contribution in [0.15, 0.2) is 42.7 Å². The lowest BCUT2D eigenvalue weighted by molar-refractivity contribution is 0.332. The predicted molar refractivity (Wildman–Crippen MR) is 93.3 cm³/mol. The summed E-state index contributed by atoms with van der Waals surface area (Å²) in [5, 5.41) is 7.29. The monoisotopic (exact) mass is 360 g/mol. The summed E-state index contributed by atoms with van der Waals surface area (Å²) in [7, 11) is 0. The van der Waals surface area contributed by atoms with Crippen LogP contribution in [0.3, 0.4) is 0 Å². The van der Waals surface area contributed by atoms with E-state index in [1.807, 2.05) is 19.9 Å². The first-order valence-corrected chi connectivity index (χ1v) is 8.14. The number of nitrogens with one attached hydrogen (secondary N) is 1. The molecule has 0 spiro atoms. The smallest absolute Gasteiger partial charge is 0.247 e. The molecule has 6 nitrogen and oxygen atoms in total. The van der Waals surface area contributed by atoms with E-state index in [0.29, 0.717) is 36.1 Å². The Balaban J connectivity index is 1.86. The van der Waals surface area contributed by atoms with Gasteiger partial charge in [0.05, 0.1) is 24.6 Å². The second kappa shape index (κ2) is 7.81. The van der Waals surface area contributed by atoms with E-state index in [0.717, 1.165) is 12.1 Å². The Kier molecular flexibility index (Phi) is 5.31. The molecule has 0 unspecified atom stereocenters. The molecule has 1 heterocycles. The molecule has 0 bridgehead atoms. The molecule has 3 rings (SSSR count). The molecule has 0 aliphatic rings. The Morgan fingerprint density at radius 3 is 2.54 bits per heavy atom. The molecule has 136 valence electrons. The van der Waals surface area contributed by atoms with Crippen LogP contribution >= 0.6 is 0 Å². The minimum absolute atomic E-state index is 0.282. The van der Waals surface area contributed by atoms with Crippen LogP contribution in [-0.4, -0.2) is 28.0 Å². The highest BCUT2D eigenvalue weighted by Gasteiger charge is 2.11. The van der Waals surface area contributed by atoms with Crippen molar-refractivity contribution in [3.63, 3.8) is 0 Å². The minimum atomic E-state index is -0.949. The first-order chi connectivity index (χ1) is 12.6. The zero-order chi connectivity index (χ0) is 18.5. The molecule has 1 N–H and O–H groups in total. The van der Waals surface area contributed by atoms with Gasteiger partial charge in [0.15, 0.2) is 11.6 Å². The Labute approximate surface area is 149 Å². The standard InChI is InChI=1S/C18H18F2N4O2/c1-3-25-13-6-8-17(26-4-2)16(10-13)22-18-21-11-24(23-18)12-5-7-14(19)15(20)9-12/h5-11H,3-4H2,1-2H3,(H,22,23). The molecule has 0 saturated carbocycles. The third-order valence-corrected chi connectivity index (χ3v) is 3.47. The van der Waals surface area contributed by atoms with Gasteiger partial charge in [-0.05, 0) is 38.1 Å². The number of hydrogen-bond donors (Lipinski definition) is 1. The predicted octanol–water partition coefficient (Wildman–Crippen LogP) is 4.09. The fourth-order valence-electron chi connectivity index (χ4n) is 2.34. The summed E-state index contributed by atoms with van der Waals surface area (Å²) in [5.74, 6) is -0.278. The second-order valence-corrected chi connectivity index (χ2v) is 5.26. The van der Waals surface area contributed by atoms with Gasteiger partial charge in [0.1, 0.15) is 17.8 Å². The van der Waals surface area contributed by atoms with E-state index in [9.17, 15) is 8.78 Å². The number of aromatic nitrogens is 3. The molecule has 0 radical (unpaired) electrons. The van der Waals surface area contributed by atoms with E-state index in [1.54, 1.807) is 12.1 Å². The number of ether oxygens (including phenoxy) is 2. The van der Waals surface area contributed by atoms with E-state index in [1.165, 1.54) is 17.1 Å². The van der Waals surface area contributed by atoms with Crippen molar-refractivity contribution in [1.29, 1.82) is 0 Å². The lowest BCUT2D eigenvalue weighted by Gasteiger charge is -2.12. The maximum absolute atomic E-state index is 13.4. The molecule has 0 atom stereocenters. The summed E-state index contributed by atoms with van der Waals surface area (Å²) >= 11 is 0. The van der Waals surface area contributed by atoms with Crippen LogP contribution in [0.25, 0.3) is 5.69 Å². The number of anilines is 2. The van der Waals surface area contributed by atoms with Crippen molar-refractivity contribution in [2.45, 2.75) is 13.8 Å². The molecule has 0 fully saturated rings. The van der Waals surface area contributed by atoms with Crippen LogP contribution in [0, 0.1) is 11.6 Å². The van der Waals surface area contributed by atoms with Crippen molar-refractivity contribution in [2.75, 3.05) is 18.5 Å². The number of hydrogen-bond acceptors (Lipinski definition) is 5. The lowest BCUT2D eigenvalue weighted by atomic mass is 10.2. The first-order valence-electron chi connectivity index (χ1n) is 8.14. The molecule has 2 aromatic carbocycles. The van der Waals surface area contributed by atoms with Crippen LogP contribution < -0.4 is 14.8 Å². The first kappa shape index (κ1) is 17.7. The van der Waals surface area contributed by atoms with Gasteiger partial charge >= 0.3 is 0 Å². The molecule has 26 heavy (non-hydrogen) atoms. The van der Waals surface area contributed by atoms with Gasteiger partial charge in [0.25, 0.3) is 0 Å². The Morgan fingerprint density at radius 2 is 1.81 bits per heavy atom. The van der Waals surface area contributed by atoms with Gasteiger partial charge in [0, 0.05) is 12.1 Å². The Hall–Kier alpha value is -3.16. The van der Waals surface area contributed by atoms with E-state index in [-0.39, 0.29) is 5.95 Å². The van der Waals surface area contributed by atoms with Gasteiger partial charge in [-0.15, -0.1) is 5.10 Å². The van der Waals surface area contributed by atoms with Crippen molar-refractivity contribution >= 4 is 11.6 Å². The third kappa shape index (κ3) is 3.90. The molecule has 3 aromatic rings. The number of halogens is 2. The fourth-order valence-corrected chi connectivity index (χ4v) is 2.34. The summed E-state index contributed by atoms with van der Waals surface area (Å²) in [5.41, 5.74) is 0.999. The minimum Gasteiger partial charge on any atom is -0.494 e. The highest BCUT2D eigenvalue weighted by molar-refractivity contribution is 5.64. The molecule has 1 aromatic heterocycles. The zero-order valence-electron chi connectivity index (χ0n) is 14.4. The van der Waals surface area contributed by atoms with E-state index in [2.05, 4.69) is 15.4 Å². The summed E-state index contributed by atoms with van der Waals surface area (Å²) in [6.07, 6.45) is 1.40. The average Bonchev–Trinajstić information content (AvgIpc) is 3.08. The average molecular weight is 360 g/mol. The van der Waals surface area contributed by atoms with Crippen LogP contribution in [0.1, 0.15) is 13.8 Å². The molecule has 0 amide bonds. The molecule has 0 aliphatic heterocycles.